The summed E-state index contributed by atoms with van der Waals surface area (Å²) in [6.45, 7) is 16.7. The van der Waals surface area contributed by atoms with Gasteiger partial charge in [-0.15, -0.1) is 5.10 Å². The first kappa shape index (κ1) is 25.0. The van der Waals surface area contributed by atoms with E-state index in [2.05, 4.69) is 58.2 Å². The zero-order valence-electron chi connectivity index (χ0n) is 21.3. The summed E-state index contributed by atoms with van der Waals surface area (Å²) in [5.41, 5.74) is 3.83. The first-order valence-corrected chi connectivity index (χ1v) is 12.2. The van der Waals surface area contributed by atoms with E-state index in [4.69, 9.17) is 0 Å². The van der Waals surface area contributed by atoms with Gasteiger partial charge in [-0.1, -0.05) is 91.2 Å². The van der Waals surface area contributed by atoms with Crippen molar-refractivity contribution in [2.75, 3.05) is 0 Å². The van der Waals surface area contributed by atoms with Gasteiger partial charge in [-0.3, -0.25) is 4.79 Å². The van der Waals surface area contributed by atoms with Crippen molar-refractivity contribution >= 4 is 12.0 Å². The standard InChI is InChI=1S/C29H40N2O2/c1-20-16-22(27(33)25(17-20)29(5,6)7)19-31(23-13-9-8-10-14-23)30-18-21-12-11-15-24(26(21)32)28(2,3)4/h11-12,15,17-19,23,32H,1,8-10,13-14,16H2,2-7H3/p+1. The minimum Gasteiger partial charge on any atom is -0.507 e. The van der Waals surface area contributed by atoms with Gasteiger partial charge < -0.3 is 5.11 Å². The van der Waals surface area contributed by atoms with E-state index in [9.17, 15) is 9.90 Å². The van der Waals surface area contributed by atoms with Gasteiger partial charge in [-0.05, 0) is 29.7 Å². The monoisotopic (exact) mass is 449 g/mol. The molecule has 0 aliphatic heterocycles. The number of hydrazone groups is 1. The van der Waals surface area contributed by atoms with Crippen LogP contribution >= 0.6 is 0 Å². The quantitative estimate of drug-likeness (QED) is 0.381. The topological polar surface area (TPSA) is 54.5 Å². The number of carbonyl (C=O) groups excluding carboxylic acids is 1. The summed E-state index contributed by atoms with van der Waals surface area (Å²) in [4.78, 5) is 13.3. The molecule has 1 saturated carbocycles. The van der Waals surface area contributed by atoms with Crippen molar-refractivity contribution in [3.63, 3.8) is 0 Å². The minimum atomic E-state index is -0.228. The van der Waals surface area contributed by atoms with Crippen LogP contribution in [0.3, 0.4) is 0 Å². The largest absolute Gasteiger partial charge is 0.507 e. The van der Waals surface area contributed by atoms with Crippen molar-refractivity contribution in [2.45, 2.75) is 91.5 Å². The number of benzene rings is 1. The van der Waals surface area contributed by atoms with Crippen LogP contribution in [-0.2, 0) is 10.2 Å². The van der Waals surface area contributed by atoms with Crippen molar-refractivity contribution in [1.29, 1.82) is 0 Å². The van der Waals surface area contributed by atoms with E-state index in [1.54, 1.807) is 0 Å². The summed E-state index contributed by atoms with van der Waals surface area (Å²) in [5.74, 6) is 0.406. The lowest BCUT2D eigenvalue weighted by molar-refractivity contribution is -0.634. The van der Waals surface area contributed by atoms with Crippen molar-refractivity contribution in [2.24, 2.45) is 5.41 Å². The highest BCUT2D eigenvalue weighted by molar-refractivity contribution is 6.10. The Kier molecular flexibility index (Phi) is 7.36. The second-order valence-corrected chi connectivity index (χ2v) is 11.6. The van der Waals surface area contributed by atoms with Crippen LogP contribution in [0.15, 0.2) is 53.8 Å². The number of Topliss-reactive ketones (excluding diaryl/α,β-unsaturated/α-hetero) is 1. The Hall–Kier alpha value is -2.62. The molecule has 2 aliphatic rings. The van der Waals surface area contributed by atoms with Gasteiger partial charge in [0.25, 0.3) is 0 Å². The summed E-state index contributed by atoms with van der Waals surface area (Å²) in [5, 5.41) is 16.4. The van der Waals surface area contributed by atoms with Crippen molar-refractivity contribution < 1.29 is 15.0 Å². The fourth-order valence-corrected chi connectivity index (χ4v) is 4.68. The van der Waals surface area contributed by atoms with E-state index in [0.717, 1.165) is 40.7 Å². The van der Waals surface area contributed by atoms with E-state index in [0.29, 0.717) is 18.2 Å². The van der Waals surface area contributed by atoms with Crippen LogP contribution in [0.4, 0.5) is 0 Å². The number of phenolic OH excluding ortho intramolecular Hbond substituents is 1. The predicted molar refractivity (Wildman–Crippen MR) is 136 cm³/mol. The number of allylic oxidation sites excluding steroid dienone is 4. The van der Waals surface area contributed by atoms with Crippen molar-refractivity contribution in [3.8, 4) is 5.75 Å². The molecule has 33 heavy (non-hydrogen) atoms. The lowest BCUT2D eigenvalue weighted by Crippen LogP contribution is -2.82. The maximum Gasteiger partial charge on any atom is 0.202 e. The first-order valence-electron chi connectivity index (χ1n) is 12.2. The van der Waals surface area contributed by atoms with Crippen LogP contribution < -0.4 is 5.10 Å². The van der Waals surface area contributed by atoms with Gasteiger partial charge in [0.05, 0.1) is 17.8 Å². The van der Waals surface area contributed by atoms with Crippen LogP contribution in [0, 0.1) is 5.41 Å². The molecule has 0 saturated heterocycles. The fraction of sp³-hybridized carbons (Fsp3) is 0.517. The van der Waals surface area contributed by atoms with Gasteiger partial charge in [0, 0.05) is 23.1 Å². The summed E-state index contributed by atoms with van der Waals surface area (Å²) >= 11 is 0. The highest BCUT2D eigenvalue weighted by atomic mass is 16.3. The van der Waals surface area contributed by atoms with Crippen LogP contribution in [0.5, 0.6) is 5.75 Å². The van der Waals surface area contributed by atoms with Gasteiger partial charge in [-0.25, -0.2) is 0 Å². The average molecular weight is 450 g/mol. The van der Waals surface area contributed by atoms with Crippen LogP contribution in [-0.4, -0.2) is 28.2 Å². The van der Waals surface area contributed by atoms with E-state index in [-0.39, 0.29) is 16.6 Å². The van der Waals surface area contributed by atoms with Gasteiger partial charge in [-0.2, -0.15) is 5.01 Å². The van der Waals surface area contributed by atoms with Crippen LogP contribution in [0.25, 0.3) is 0 Å². The number of nitrogens with zero attached hydrogens (tertiary/aromatic N) is 1. The number of carbonyl (C=O) groups is 1. The third-order valence-corrected chi connectivity index (χ3v) is 6.62. The maximum atomic E-state index is 13.3. The number of aromatic hydroxyl groups is 1. The molecule has 0 aromatic heterocycles. The molecular formula is C29H41N2O2+. The summed E-state index contributed by atoms with van der Waals surface area (Å²) in [7, 11) is 0. The third kappa shape index (κ3) is 6.04. The Morgan fingerprint density at radius 1 is 1.06 bits per heavy atom. The number of hydrazine groups is 1. The normalized spacial score (nSPS) is 19.9. The Balaban J connectivity index is 1.98. The highest BCUT2D eigenvalue weighted by Gasteiger charge is 2.31. The summed E-state index contributed by atoms with van der Waals surface area (Å²) in [6, 6.07) is 6.17. The Labute approximate surface area is 199 Å². The Morgan fingerprint density at radius 2 is 1.73 bits per heavy atom. The van der Waals surface area contributed by atoms with Crippen LogP contribution in [0.1, 0.15) is 91.2 Å². The predicted octanol–water partition coefficient (Wildman–Crippen LogP) is 5.12. The van der Waals surface area contributed by atoms with Gasteiger partial charge >= 0.3 is 0 Å². The average Bonchev–Trinajstić information content (AvgIpc) is 2.73. The molecular weight excluding hydrogens is 408 g/mol. The molecule has 0 amide bonds. The Bertz CT molecular complexity index is 993. The zero-order chi connectivity index (χ0) is 24.4. The number of hydrogen-bond donors (Lipinski definition) is 2. The molecule has 1 fully saturated rings. The molecule has 3 rings (SSSR count). The minimum absolute atomic E-state index is 0.107. The number of para-hydroxylation sites is 1. The molecule has 0 heterocycles. The lowest BCUT2D eigenvalue weighted by atomic mass is 9.77. The molecule has 1 aromatic rings. The highest BCUT2D eigenvalue weighted by Crippen LogP contribution is 2.35. The van der Waals surface area contributed by atoms with Gasteiger partial charge in [0.1, 0.15) is 5.75 Å². The summed E-state index contributed by atoms with van der Waals surface area (Å²) < 4.78 is 0. The molecule has 1 aromatic carbocycles. The number of rotatable bonds is 4. The number of phenols is 1. The molecule has 2 aliphatic carbocycles. The van der Waals surface area contributed by atoms with E-state index in [1.165, 1.54) is 19.3 Å². The fourth-order valence-electron chi connectivity index (χ4n) is 4.68. The van der Waals surface area contributed by atoms with Gasteiger partial charge in [0.15, 0.2) is 5.78 Å². The smallest absolute Gasteiger partial charge is 0.202 e. The molecule has 0 spiro atoms. The molecule has 178 valence electrons. The third-order valence-electron chi connectivity index (χ3n) is 6.62. The second kappa shape index (κ2) is 9.70. The van der Waals surface area contributed by atoms with E-state index >= 15 is 0 Å². The van der Waals surface area contributed by atoms with E-state index in [1.807, 2.05) is 36.7 Å². The number of ketones is 1. The number of nitrogens with one attached hydrogen (secondary N) is 1. The second-order valence-electron chi connectivity index (χ2n) is 11.6. The molecule has 0 atom stereocenters. The lowest BCUT2D eigenvalue weighted by Gasteiger charge is -2.29. The molecule has 0 bridgehead atoms. The molecule has 4 nitrogen and oxygen atoms in total. The maximum absolute atomic E-state index is 13.3. The zero-order valence-corrected chi connectivity index (χ0v) is 21.3. The van der Waals surface area contributed by atoms with Crippen LogP contribution in [0.2, 0.25) is 0 Å². The Morgan fingerprint density at radius 3 is 2.33 bits per heavy atom. The SMILES string of the molecule is C=C1C=C(C(C)(C)C)C(=O)C(=CN([NH+]=Cc2cccc(C(C)(C)C)c2O)C2CCCCC2)C1. The molecule has 4 heteroatoms. The van der Waals surface area contributed by atoms with Gasteiger partial charge in [0.2, 0.25) is 6.21 Å². The first-order chi connectivity index (χ1) is 15.4. The molecule has 2 N–H and O–H groups in total. The molecule has 0 radical (unpaired) electrons. The summed E-state index contributed by atoms with van der Waals surface area (Å²) in [6.07, 6.45) is 12.2. The van der Waals surface area contributed by atoms with E-state index < -0.39 is 0 Å². The molecule has 0 unspecified atom stereocenters. The number of hydrogen-bond acceptors (Lipinski definition) is 3. The van der Waals surface area contributed by atoms with Crippen molar-refractivity contribution in [3.05, 3.63) is 64.9 Å². The van der Waals surface area contributed by atoms with Crippen molar-refractivity contribution in [1.82, 2.24) is 5.01 Å².